The van der Waals surface area contributed by atoms with E-state index in [1.807, 2.05) is 42.6 Å². The minimum atomic E-state index is -3.65. The first-order valence-corrected chi connectivity index (χ1v) is 11.6. The first kappa shape index (κ1) is 20.4. The summed E-state index contributed by atoms with van der Waals surface area (Å²) in [7, 11) is -3.65. The Balaban J connectivity index is 1.40. The Bertz CT molecular complexity index is 1140. The largest absolute Gasteiger partial charge is 0.454 e. The van der Waals surface area contributed by atoms with E-state index in [2.05, 4.69) is 10.0 Å². The van der Waals surface area contributed by atoms with Crippen molar-refractivity contribution >= 4 is 27.3 Å². The summed E-state index contributed by atoms with van der Waals surface area (Å²) in [6.45, 7) is 2.29. The minimum Gasteiger partial charge on any atom is -0.454 e. The average Bonchev–Trinajstić information content (AvgIpc) is 3.43. The SMILES string of the molecule is CC(NC(=O)c1ccc(S(=O)(=O)NCc2cccs2)cc1)c1ccc2c(c1)OCO2. The molecule has 0 aliphatic carbocycles. The second-order valence-corrected chi connectivity index (χ2v) is 9.54. The van der Waals surface area contributed by atoms with Gasteiger partial charge in [0.2, 0.25) is 16.8 Å². The van der Waals surface area contributed by atoms with Crippen molar-refractivity contribution in [1.29, 1.82) is 0 Å². The van der Waals surface area contributed by atoms with Crippen LogP contribution in [0.3, 0.4) is 0 Å². The number of nitrogens with one attached hydrogen (secondary N) is 2. The molecule has 0 fully saturated rings. The molecule has 0 saturated heterocycles. The van der Waals surface area contributed by atoms with E-state index in [0.29, 0.717) is 17.1 Å². The molecule has 2 aromatic carbocycles. The maximum atomic E-state index is 12.6. The summed E-state index contributed by atoms with van der Waals surface area (Å²) in [6.07, 6.45) is 0. The summed E-state index contributed by atoms with van der Waals surface area (Å²) in [5.74, 6) is 1.04. The number of amides is 1. The van der Waals surface area contributed by atoms with Crippen molar-refractivity contribution in [2.45, 2.75) is 24.4 Å². The van der Waals surface area contributed by atoms with E-state index in [1.165, 1.54) is 35.6 Å². The first-order valence-electron chi connectivity index (χ1n) is 9.25. The summed E-state index contributed by atoms with van der Waals surface area (Å²) in [5, 5.41) is 4.80. The minimum absolute atomic E-state index is 0.111. The van der Waals surface area contributed by atoms with Gasteiger partial charge in [0.05, 0.1) is 10.9 Å². The molecule has 1 aliphatic rings. The molecule has 30 heavy (non-hydrogen) atoms. The quantitative estimate of drug-likeness (QED) is 0.582. The predicted molar refractivity (Wildman–Crippen MR) is 113 cm³/mol. The lowest BCUT2D eigenvalue weighted by Gasteiger charge is -2.15. The van der Waals surface area contributed by atoms with Crippen LogP contribution in [0.1, 0.15) is 33.8 Å². The van der Waals surface area contributed by atoms with Crippen LogP contribution >= 0.6 is 11.3 Å². The zero-order chi connectivity index (χ0) is 21.1. The van der Waals surface area contributed by atoms with Gasteiger partial charge in [-0.3, -0.25) is 4.79 Å². The van der Waals surface area contributed by atoms with Gasteiger partial charge in [-0.25, -0.2) is 13.1 Å². The zero-order valence-electron chi connectivity index (χ0n) is 16.1. The molecule has 156 valence electrons. The Kier molecular flexibility index (Phi) is 5.76. The zero-order valence-corrected chi connectivity index (χ0v) is 17.8. The van der Waals surface area contributed by atoms with E-state index in [9.17, 15) is 13.2 Å². The van der Waals surface area contributed by atoms with Gasteiger partial charge >= 0.3 is 0 Å². The van der Waals surface area contributed by atoms with Crippen molar-refractivity contribution in [1.82, 2.24) is 10.0 Å². The number of carbonyl (C=O) groups excluding carboxylic acids is 1. The highest BCUT2D eigenvalue weighted by atomic mass is 32.2. The van der Waals surface area contributed by atoms with Gasteiger partial charge in [-0.05, 0) is 60.3 Å². The number of hydrogen-bond donors (Lipinski definition) is 2. The molecule has 4 rings (SSSR count). The van der Waals surface area contributed by atoms with Gasteiger partial charge in [0.25, 0.3) is 5.91 Å². The fourth-order valence-electron chi connectivity index (χ4n) is 2.99. The van der Waals surface area contributed by atoms with Crippen molar-refractivity contribution in [3.8, 4) is 11.5 Å². The number of carbonyl (C=O) groups is 1. The average molecular weight is 445 g/mol. The van der Waals surface area contributed by atoms with Crippen molar-refractivity contribution in [2.75, 3.05) is 6.79 Å². The van der Waals surface area contributed by atoms with Gasteiger partial charge in [-0.15, -0.1) is 11.3 Å². The van der Waals surface area contributed by atoms with E-state index >= 15 is 0 Å². The Hall–Kier alpha value is -2.88. The number of hydrogen-bond acceptors (Lipinski definition) is 6. The molecule has 2 heterocycles. The third kappa shape index (κ3) is 4.48. The molecule has 1 amide bonds. The molecule has 1 aliphatic heterocycles. The highest BCUT2D eigenvalue weighted by Crippen LogP contribution is 2.34. The molecule has 9 heteroatoms. The van der Waals surface area contributed by atoms with Gasteiger partial charge < -0.3 is 14.8 Å². The lowest BCUT2D eigenvalue weighted by Crippen LogP contribution is -2.27. The number of ether oxygens (including phenoxy) is 2. The maximum Gasteiger partial charge on any atom is 0.251 e. The summed E-state index contributed by atoms with van der Waals surface area (Å²) < 4.78 is 38.1. The third-order valence-electron chi connectivity index (χ3n) is 4.69. The van der Waals surface area contributed by atoms with Crippen LogP contribution < -0.4 is 19.5 Å². The van der Waals surface area contributed by atoms with Gasteiger partial charge in [-0.2, -0.15) is 0 Å². The first-order chi connectivity index (χ1) is 14.4. The fourth-order valence-corrected chi connectivity index (χ4v) is 4.74. The van der Waals surface area contributed by atoms with Gasteiger partial charge in [-0.1, -0.05) is 12.1 Å². The molecule has 1 aromatic heterocycles. The molecule has 1 atom stereocenters. The van der Waals surface area contributed by atoms with Crippen LogP contribution in [-0.4, -0.2) is 21.1 Å². The highest BCUT2D eigenvalue weighted by molar-refractivity contribution is 7.89. The summed E-state index contributed by atoms with van der Waals surface area (Å²) in [4.78, 5) is 13.6. The molecule has 7 nitrogen and oxygen atoms in total. The Labute approximate surface area is 178 Å². The molecule has 2 N–H and O–H groups in total. The van der Waals surface area contributed by atoms with Crippen LogP contribution in [-0.2, 0) is 16.6 Å². The normalized spacial score (nSPS) is 13.8. The molecule has 0 radical (unpaired) electrons. The number of benzene rings is 2. The van der Waals surface area contributed by atoms with E-state index in [0.717, 1.165) is 10.4 Å². The Morgan fingerprint density at radius 2 is 1.87 bits per heavy atom. The molecular weight excluding hydrogens is 424 g/mol. The molecule has 0 spiro atoms. The maximum absolute atomic E-state index is 12.6. The van der Waals surface area contributed by atoms with E-state index in [4.69, 9.17) is 9.47 Å². The van der Waals surface area contributed by atoms with Crippen LogP contribution in [0.2, 0.25) is 0 Å². The van der Waals surface area contributed by atoms with E-state index < -0.39 is 10.0 Å². The molecule has 3 aromatic rings. The van der Waals surface area contributed by atoms with Gasteiger partial charge in [0.15, 0.2) is 11.5 Å². The number of rotatable bonds is 7. The molecule has 1 unspecified atom stereocenters. The second kappa shape index (κ2) is 8.47. The summed E-state index contributed by atoms with van der Waals surface area (Å²) in [6, 6.07) is 14.8. The number of fused-ring (bicyclic) bond motifs is 1. The second-order valence-electron chi connectivity index (χ2n) is 6.74. The fraction of sp³-hybridized carbons (Fsp3) is 0.190. The number of sulfonamides is 1. The number of thiophene rings is 1. The Morgan fingerprint density at radius 3 is 2.60 bits per heavy atom. The third-order valence-corrected chi connectivity index (χ3v) is 6.98. The van der Waals surface area contributed by atoms with Crippen LogP contribution in [0.5, 0.6) is 11.5 Å². The van der Waals surface area contributed by atoms with E-state index in [1.54, 1.807) is 0 Å². The molecule has 0 bridgehead atoms. The predicted octanol–water partition coefficient (Wildman–Crippen LogP) is 3.45. The van der Waals surface area contributed by atoms with Crippen LogP contribution in [0.4, 0.5) is 0 Å². The lowest BCUT2D eigenvalue weighted by atomic mass is 10.1. The van der Waals surface area contributed by atoms with Gasteiger partial charge in [0, 0.05) is 17.0 Å². The van der Waals surface area contributed by atoms with Crippen molar-refractivity contribution in [2.24, 2.45) is 0 Å². The topological polar surface area (TPSA) is 93.7 Å². The van der Waals surface area contributed by atoms with Crippen molar-refractivity contribution in [3.05, 3.63) is 76.0 Å². The Morgan fingerprint density at radius 1 is 1.10 bits per heavy atom. The summed E-state index contributed by atoms with van der Waals surface area (Å²) in [5.41, 5.74) is 1.25. The van der Waals surface area contributed by atoms with Crippen LogP contribution in [0.25, 0.3) is 0 Å². The van der Waals surface area contributed by atoms with Gasteiger partial charge in [0.1, 0.15) is 0 Å². The standard InChI is InChI=1S/C21H20N2O5S2/c1-14(16-6-9-19-20(11-16)28-13-27-19)23-21(24)15-4-7-18(8-5-15)30(25,26)22-12-17-3-2-10-29-17/h2-11,14,22H,12-13H2,1H3,(H,23,24). The lowest BCUT2D eigenvalue weighted by molar-refractivity contribution is 0.0939. The smallest absolute Gasteiger partial charge is 0.251 e. The van der Waals surface area contributed by atoms with Crippen molar-refractivity contribution < 1.29 is 22.7 Å². The monoisotopic (exact) mass is 444 g/mol. The van der Waals surface area contributed by atoms with Crippen molar-refractivity contribution in [3.63, 3.8) is 0 Å². The highest BCUT2D eigenvalue weighted by Gasteiger charge is 2.18. The van der Waals surface area contributed by atoms with Crippen LogP contribution in [0, 0.1) is 0 Å². The molecular formula is C21H20N2O5S2. The summed E-state index contributed by atoms with van der Waals surface area (Å²) >= 11 is 1.48. The van der Waals surface area contributed by atoms with E-state index in [-0.39, 0.29) is 30.2 Å². The molecule has 0 saturated carbocycles. The van der Waals surface area contributed by atoms with Crippen LogP contribution in [0.15, 0.2) is 64.9 Å².